The zero-order chi connectivity index (χ0) is 23.9. The molecule has 0 saturated carbocycles. The van der Waals surface area contributed by atoms with Gasteiger partial charge in [-0.05, 0) is 56.0 Å². The van der Waals surface area contributed by atoms with Gasteiger partial charge in [0.25, 0.3) is 5.91 Å². The summed E-state index contributed by atoms with van der Waals surface area (Å²) < 4.78 is 13.8. The predicted molar refractivity (Wildman–Crippen MR) is 138 cm³/mol. The SMILES string of the molecule is C[C@@H]1CN(C2=NC(=O)/C(=C/c3cn(-c4ccccc4)nc3-c3cc4ccccc4o3)S2)C[C@@H](C)O1. The molecule has 0 spiro atoms. The molecule has 0 N–H and O–H groups in total. The number of aromatic nitrogens is 2. The third kappa shape index (κ3) is 4.31. The molecule has 2 aromatic heterocycles. The lowest BCUT2D eigenvalue weighted by Gasteiger charge is -2.35. The number of morpholine rings is 1. The van der Waals surface area contributed by atoms with Crippen molar-refractivity contribution in [2.45, 2.75) is 26.1 Å². The highest BCUT2D eigenvalue weighted by Crippen LogP contribution is 2.35. The highest BCUT2D eigenvalue weighted by molar-refractivity contribution is 8.18. The molecule has 0 radical (unpaired) electrons. The van der Waals surface area contributed by atoms with Crippen LogP contribution in [0.1, 0.15) is 19.4 Å². The molecule has 2 aliphatic heterocycles. The summed E-state index contributed by atoms with van der Waals surface area (Å²) in [5.41, 5.74) is 3.19. The average molecular weight is 485 g/mol. The maximum Gasteiger partial charge on any atom is 0.286 e. The minimum atomic E-state index is -0.236. The van der Waals surface area contributed by atoms with Crippen molar-refractivity contribution in [3.63, 3.8) is 0 Å². The van der Waals surface area contributed by atoms with Gasteiger partial charge in [0.2, 0.25) is 0 Å². The second kappa shape index (κ2) is 8.87. The van der Waals surface area contributed by atoms with Crippen LogP contribution in [0.4, 0.5) is 0 Å². The van der Waals surface area contributed by atoms with E-state index < -0.39 is 0 Å². The van der Waals surface area contributed by atoms with E-state index in [9.17, 15) is 4.79 Å². The van der Waals surface area contributed by atoms with Crippen molar-refractivity contribution in [3.05, 3.63) is 77.3 Å². The lowest BCUT2D eigenvalue weighted by atomic mass is 10.2. The van der Waals surface area contributed by atoms with Gasteiger partial charge in [0, 0.05) is 30.2 Å². The molecular formula is C27H24N4O3S. The fourth-order valence-corrected chi connectivity index (χ4v) is 5.43. The first-order chi connectivity index (χ1) is 17.0. The smallest absolute Gasteiger partial charge is 0.286 e. The van der Waals surface area contributed by atoms with Crippen LogP contribution in [-0.2, 0) is 9.53 Å². The molecule has 1 saturated heterocycles. The van der Waals surface area contributed by atoms with E-state index in [4.69, 9.17) is 14.3 Å². The third-order valence-electron chi connectivity index (χ3n) is 6.01. The van der Waals surface area contributed by atoms with Crippen molar-refractivity contribution >= 4 is 39.9 Å². The van der Waals surface area contributed by atoms with E-state index >= 15 is 0 Å². The van der Waals surface area contributed by atoms with Gasteiger partial charge in [-0.1, -0.05) is 36.4 Å². The van der Waals surface area contributed by atoms with Crippen LogP contribution in [0.15, 0.2) is 81.2 Å². The van der Waals surface area contributed by atoms with Crippen LogP contribution < -0.4 is 0 Å². The molecule has 8 heteroatoms. The van der Waals surface area contributed by atoms with Gasteiger partial charge < -0.3 is 14.1 Å². The number of para-hydroxylation sites is 2. The Morgan fingerprint density at radius 2 is 1.77 bits per heavy atom. The fourth-order valence-electron chi connectivity index (χ4n) is 4.50. The van der Waals surface area contributed by atoms with Crippen molar-refractivity contribution < 1.29 is 13.9 Å². The molecule has 2 aliphatic rings. The molecule has 0 bridgehead atoms. The summed E-state index contributed by atoms with van der Waals surface area (Å²) in [6.45, 7) is 5.51. The van der Waals surface area contributed by atoms with E-state index in [1.165, 1.54) is 11.8 Å². The van der Waals surface area contributed by atoms with Gasteiger partial charge in [-0.25, -0.2) is 4.68 Å². The molecule has 35 heavy (non-hydrogen) atoms. The highest BCUT2D eigenvalue weighted by Gasteiger charge is 2.31. The van der Waals surface area contributed by atoms with Crippen molar-refractivity contribution in [2.24, 2.45) is 4.99 Å². The lowest BCUT2D eigenvalue weighted by Crippen LogP contribution is -2.47. The number of carbonyl (C=O) groups excluding carboxylic acids is 1. The third-order valence-corrected chi connectivity index (χ3v) is 7.05. The summed E-state index contributed by atoms with van der Waals surface area (Å²) in [7, 11) is 0. The van der Waals surface area contributed by atoms with Crippen LogP contribution >= 0.6 is 11.8 Å². The molecule has 2 atom stereocenters. The number of fused-ring (bicyclic) bond motifs is 1. The summed E-state index contributed by atoms with van der Waals surface area (Å²) in [5.74, 6) is 0.417. The molecule has 0 aliphatic carbocycles. The van der Waals surface area contributed by atoms with Crippen LogP contribution in [0.3, 0.4) is 0 Å². The molecule has 7 nitrogen and oxygen atoms in total. The maximum absolute atomic E-state index is 12.9. The van der Waals surface area contributed by atoms with E-state index in [1.54, 1.807) is 0 Å². The second-order valence-electron chi connectivity index (χ2n) is 8.83. The Labute approximate surface area is 207 Å². The Kier molecular flexibility index (Phi) is 5.54. The first-order valence-corrected chi connectivity index (χ1v) is 12.4. The van der Waals surface area contributed by atoms with Gasteiger partial charge in [0.05, 0.1) is 22.8 Å². The van der Waals surface area contributed by atoms with Crippen molar-refractivity contribution in [1.29, 1.82) is 0 Å². The Bertz CT molecular complexity index is 1430. The Morgan fingerprint density at radius 3 is 2.54 bits per heavy atom. The van der Waals surface area contributed by atoms with Gasteiger partial charge in [0.15, 0.2) is 10.9 Å². The molecule has 2 aromatic carbocycles. The van der Waals surface area contributed by atoms with Gasteiger partial charge in [-0.15, -0.1) is 0 Å². The number of hydrogen-bond donors (Lipinski definition) is 0. The average Bonchev–Trinajstić information content (AvgIpc) is 3.56. The fraction of sp³-hybridized carbons (Fsp3) is 0.222. The molecule has 4 aromatic rings. The Hall–Kier alpha value is -3.62. The number of amides is 1. The molecule has 6 rings (SSSR count). The Morgan fingerprint density at radius 1 is 1.03 bits per heavy atom. The number of hydrogen-bond acceptors (Lipinski definition) is 6. The number of furan rings is 1. The number of rotatable bonds is 3. The van der Waals surface area contributed by atoms with Crippen molar-refractivity contribution in [3.8, 4) is 17.1 Å². The lowest BCUT2D eigenvalue weighted by molar-refractivity contribution is -0.113. The Balaban J connectivity index is 1.38. The molecule has 4 heterocycles. The number of benzene rings is 2. The van der Waals surface area contributed by atoms with Crippen LogP contribution in [-0.4, -0.2) is 51.1 Å². The van der Waals surface area contributed by atoms with E-state index in [2.05, 4.69) is 9.89 Å². The monoisotopic (exact) mass is 484 g/mol. The van der Waals surface area contributed by atoms with Crippen LogP contribution in [0.2, 0.25) is 0 Å². The standard InChI is InChI=1S/C27H24N4O3S/c1-17-14-30(15-18(2)33-17)27-28-26(32)24(35-27)13-20-16-31(21-9-4-3-5-10-21)29-25(20)23-12-19-8-6-7-11-22(19)34-23/h3-13,16-18H,14-15H2,1-2H3/b24-13-/t17-,18-/m1/s1. The number of amidine groups is 1. The summed E-state index contributed by atoms with van der Waals surface area (Å²) in [6.07, 6.45) is 3.98. The van der Waals surface area contributed by atoms with Crippen LogP contribution in [0, 0.1) is 0 Å². The number of aliphatic imine (C=N–C) groups is 1. The van der Waals surface area contributed by atoms with E-state index in [0.717, 1.165) is 27.4 Å². The zero-order valence-corrected chi connectivity index (χ0v) is 20.2. The highest BCUT2D eigenvalue weighted by atomic mass is 32.2. The van der Waals surface area contributed by atoms with Gasteiger partial charge in [-0.3, -0.25) is 4.79 Å². The number of carbonyl (C=O) groups is 1. The van der Waals surface area contributed by atoms with E-state index in [0.29, 0.717) is 29.4 Å². The summed E-state index contributed by atoms with van der Waals surface area (Å²) in [6, 6.07) is 19.7. The second-order valence-corrected chi connectivity index (χ2v) is 9.84. The van der Waals surface area contributed by atoms with Crippen LogP contribution in [0.5, 0.6) is 0 Å². The molecule has 0 unspecified atom stereocenters. The first kappa shape index (κ1) is 21.9. The maximum atomic E-state index is 12.9. The minimum absolute atomic E-state index is 0.0916. The summed E-state index contributed by atoms with van der Waals surface area (Å²) in [4.78, 5) is 19.9. The summed E-state index contributed by atoms with van der Waals surface area (Å²) >= 11 is 1.40. The van der Waals surface area contributed by atoms with E-state index in [-0.39, 0.29) is 18.1 Å². The van der Waals surface area contributed by atoms with Gasteiger partial charge in [0.1, 0.15) is 11.3 Å². The van der Waals surface area contributed by atoms with Crippen molar-refractivity contribution in [1.82, 2.24) is 14.7 Å². The number of nitrogens with zero attached hydrogens (tertiary/aromatic N) is 4. The predicted octanol–water partition coefficient (Wildman–Crippen LogP) is 5.37. The van der Waals surface area contributed by atoms with Crippen molar-refractivity contribution in [2.75, 3.05) is 13.1 Å². The molecule has 1 fully saturated rings. The normalized spacial score (nSPS) is 21.8. The molecule has 176 valence electrons. The minimum Gasteiger partial charge on any atom is -0.454 e. The number of thioether (sulfide) groups is 1. The zero-order valence-electron chi connectivity index (χ0n) is 19.4. The van der Waals surface area contributed by atoms with Crippen LogP contribution in [0.25, 0.3) is 34.2 Å². The quantitative estimate of drug-likeness (QED) is 0.364. The largest absolute Gasteiger partial charge is 0.454 e. The number of ether oxygens (including phenoxy) is 1. The topological polar surface area (TPSA) is 72.9 Å². The molecule has 1 amide bonds. The summed E-state index contributed by atoms with van der Waals surface area (Å²) in [5, 5.41) is 6.56. The molecular weight excluding hydrogens is 460 g/mol. The van der Waals surface area contributed by atoms with Gasteiger partial charge in [-0.2, -0.15) is 10.1 Å². The first-order valence-electron chi connectivity index (χ1n) is 11.6. The van der Waals surface area contributed by atoms with E-state index in [1.807, 2.05) is 91.5 Å². The van der Waals surface area contributed by atoms with Gasteiger partial charge >= 0.3 is 0 Å².